The largest absolute Gasteiger partial charge is 0.289 e. The fourth-order valence-electron chi connectivity index (χ4n) is 8.81. The Balaban J connectivity index is 1.44. The van der Waals surface area contributed by atoms with Crippen LogP contribution in [0.15, 0.2) is 165 Å². The first-order chi connectivity index (χ1) is 35.1. The molecule has 0 saturated carbocycles. The fraction of sp³-hybridized carbons (Fsp3) is 0.174. The van der Waals surface area contributed by atoms with Gasteiger partial charge in [-0.05, 0) is 56.9 Å². The lowest BCUT2D eigenvalue weighted by Crippen LogP contribution is -2.47. The van der Waals surface area contributed by atoms with Crippen molar-refractivity contribution < 1.29 is 53.4 Å². The van der Waals surface area contributed by atoms with E-state index in [4.69, 9.17) is 0 Å². The standard InChI is InChI=1S/C46H40N8O16S4/c55-51(56)39-17-5-9-21-43(39)71(63,64)47-25-26-48(72(65,66)44-22-10-6-18-40(44)52(57)58)28-30-50(74(69,70)46-24-12-8-20-42(46)54(61)62)32-38-34-14-2-1-13-33(34)37(35-15-3-4-16-36(35)38)31-49(29-27-47)73(67,68)45-23-11-7-19-41(45)53(59)60/h1-24H,25-32H2. The molecule has 24 nitrogen and oxygen atoms in total. The molecule has 9 rings (SSSR count). The summed E-state index contributed by atoms with van der Waals surface area (Å²) < 4.78 is 123. The minimum absolute atomic E-state index is 0.261. The van der Waals surface area contributed by atoms with Crippen molar-refractivity contribution in [2.75, 3.05) is 39.3 Å². The van der Waals surface area contributed by atoms with Crippen LogP contribution in [0, 0.1) is 40.5 Å². The third-order valence-electron chi connectivity index (χ3n) is 12.3. The van der Waals surface area contributed by atoms with Crippen molar-refractivity contribution in [3.8, 4) is 0 Å². The van der Waals surface area contributed by atoms with Crippen LogP contribution in [-0.2, 0) is 53.2 Å². The highest BCUT2D eigenvalue weighted by Gasteiger charge is 2.40. The van der Waals surface area contributed by atoms with Crippen LogP contribution in [0.2, 0.25) is 0 Å². The normalized spacial score (nSPS) is 15.5. The Kier molecular flexibility index (Phi) is 14.7. The minimum atomic E-state index is -5.21. The molecule has 0 N–H and O–H groups in total. The maximum Gasteiger partial charge on any atom is 0.289 e. The van der Waals surface area contributed by atoms with Crippen molar-refractivity contribution in [3.63, 3.8) is 0 Å². The van der Waals surface area contributed by atoms with E-state index in [9.17, 15) is 57.3 Å². The van der Waals surface area contributed by atoms with E-state index < -0.39 is 154 Å². The molecule has 0 radical (unpaired) electrons. The summed E-state index contributed by atoms with van der Waals surface area (Å²) in [6.07, 6.45) is 0. The molecule has 2 aliphatic heterocycles. The quantitative estimate of drug-likeness (QED) is 0.0552. The first-order valence-corrected chi connectivity index (χ1v) is 27.7. The van der Waals surface area contributed by atoms with E-state index in [2.05, 4.69) is 0 Å². The van der Waals surface area contributed by atoms with Crippen molar-refractivity contribution in [2.24, 2.45) is 0 Å². The topological polar surface area (TPSA) is 322 Å². The van der Waals surface area contributed by atoms with Crippen LogP contribution in [0.25, 0.3) is 21.5 Å². The molecule has 0 aliphatic carbocycles. The van der Waals surface area contributed by atoms with Gasteiger partial charge in [0.15, 0.2) is 19.6 Å². The zero-order valence-corrected chi connectivity index (χ0v) is 41.5. The van der Waals surface area contributed by atoms with Crippen LogP contribution >= 0.6 is 0 Å². The molecule has 2 bridgehead atoms. The minimum Gasteiger partial charge on any atom is -0.258 e. The number of nitrogens with zero attached hydrogens (tertiary/aromatic N) is 8. The van der Waals surface area contributed by atoms with Gasteiger partial charge in [-0.25, -0.2) is 33.7 Å². The average molecular weight is 1090 g/mol. The highest BCUT2D eigenvalue weighted by molar-refractivity contribution is 7.90. The summed E-state index contributed by atoms with van der Waals surface area (Å²) in [4.78, 5) is 42.2. The van der Waals surface area contributed by atoms with Gasteiger partial charge >= 0.3 is 0 Å². The van der Waals surface area contributed by atoms with Gasteiger partial charge < -0.3 is 0 Å². The van der Waals surface area contributed by atoms with E-state index in [0.29, 0.717) is 30.2 Å². The summed E-state index contributed by atoms with van der Waals surface area (Å²) >= 11 is 0. The molecule has 2 aliphatic rings. The second kappa shape index (κ2) is 20.7. The molecule has 74 heavy (non-hydrogen) atoms. The number of nitro groups is 4. The molecule has 7 aromatic rings. The van der Waals surface area contributed by atoms with Crippen LogP contribution in [0.3, 0.4) is 0 Å². The number of para-hydroxylation sites is 4. The van der Waals surface area contributed by atoms with Gasteiger partial charge in [-0.15, -0.1) is 0 Å². The molecule has 0 amide bonds. The number of hydrogen-bond donors (Lipinski definition) is 0. The SMILES string of the molecule is O=[N+]([O-])c1ccccc1S(=O)(=O)N1CCN(S(=O)(=O)c2ccccc2[N+](=O)[O-])CCN(S(=O)(=O)c2ccccc2[N+](=O)[O-])Cc2c3ccccc3c(c3ccccc23)CN(S(=O)(=O)c2ccccc2[N+](=O)[O-])CC1. The Morgan fingerprint density at radius 2 is 0.486 bits per heavy atom. The molecule has 0 saturated heterocycles. The third-order valence-corrected chi connectivity index (χ3v) is 20.0. The molecule has 0 atom stereocenters. The number of rotatable bonds is 12. The van der Waals surface area contributed by atoms with Gasteiger partial charge in [-0.1, -0.05) is 97.1 Å². The fourth-order valence-corrected chi connectivity index (χ4v) is 15.1. The lowest BCUT2D eigenvalue weighted by Gasteiger charge is -2.32. The van der Waals surface area contributed by atoms with Gasteiger partial charge in [-0.2, -0.15) is 17.2 Å². The zero-order chi connectivity index (χ0) is 53.3. The summed E-state index contributed by atoms with van der Waals surface area (Å²) in [5.41, 5.74) is -3.02. The van der Waals surface area contributed by atoms with Crippen LogP contribution in [0.5, 0.6) is 0 Å². The Hall–Kier alpha value is -7.70. The molecule has 0 aromatic heterocycles. The van der Waals surface area contributed by atoms with Gasteiger partial charge in [-0.3, -0.25) is 40.5 Å². The van der Waals surface area contributed by atoms with Crippen molar-refractivity contribution in [2.45, 2.75) is 32.7 Å². The van der Waals surface area contributed by atoms with E-state index >= 15 is 16.8 Å². The van der Waals surface area contributed by atoms with Gasteiger partial charge in [0.05, 0.1) is 19.7 Å². The second-order valence-electron chi connectivity index (χ2n) is 16.4. The van der Waals surface area contributed by atoms with E-state index in [1.807, 2.05) is 0 Å². The van der Waals surface area contributed by atoms with Crippen molar-refractivity contribution >= 4 is 84.4 Å². The molecular formula is C46H40N8O16S4. The lowest BCUT2D eigenvalue weighted by molar-refractivity contribution is -0.388. The third kappa shape index (κ3) is 9.90. The summed E-state index contributed by atoms with van der Waals surface area (Å²) in [6, 6.07) is 29.8. The monoisotopic (exact) mass is 1090 g/mol. The zero-order valence-electron chi connectivity index (χ0n) is 38.3. The van der Waals surface area contributed by atoms with Crippen LogP contribution in [-0.4, -0.2) is 110 Å². The number of nitro benzene ring substituents is 4. The van der Waals surface area contributed by atoms with E-state index in [1.54, 1.807) is 48.5 Å². The van der Waals surface area contributed by atoms with Gasteiger partial charge in [0.2, 0.25) is 40.1 Å². The van der Waals surface area contributed by atoms with Crippen LogP contribution in [0.4, 0.5) is 22.7 Å². The highest BCUT2D eigenvalue weighted by Crippen LogP contribution is 2.39. The molecule has 0 spiro atoms. The Morgan fingerprint density at radius 1 is 0.297 bits per heavy atom. The number of sulfonamides is 4. The smallest absolute Gasteiger partial charge is 0.258 e. The van der Waals surface area contributed by atoms with E-state index in [1.165, 1.54) is 48.5 Å². The average Bonchev–Trinajstić information content (AvgIpc) is 3.38. The van der Waals surface area contributed by atoms with E-state index in [0.717, 1.165) is 57.1 Å². The Bertz CT molecular complexity index is 3590. The summed E-state index contributed by atoms with van der Waals surface area (Å²) in [5, 5.41) is 50.7. The molecule has 384 valence electrons. The molecular weight excluding hydrogens is 1050 g/mol. The van der Waals surface area contributed by atoms with Crippen molar-refractivity contribution in [3.05, 3.63) is 197 Å². The second-order valence-corrected chi connectivity index (χ2v) is 24.1. The van der Waals surface area contributed by atoms with Crippen LogP contribution in [0.1, 0.15) is 11.1 Å². The molecule has 28 heteroatoms. The summed E-state index contributed by atoms with van der Waals surface area (Å²) in [5.74, 6) is 0. The summed E-state index contributed by atoms with van der Waals surface area (Å²) in [6.45, 7) is -6.76. The van der Waals surface area contributed by atoms with Gasteiger partial charge in [0.25, 0.3) is 22.7 Å². The maximum absolute atomic E-state index is 15.1. The Labute approximate surface area is 422 Å². The predicted molar refractivity (Wildman–Crippen MR) is 267 cm³/mol. The first kappa shape index (κ1) is 52.6. The van der Waals surface area contributed by atoms with E-state index in [-0.39, 0.29) is 11.1 Å². The van der Waals surface area contributed by atoms with Crippen molar-refractivity contribution in [1.29, 1.82) is 0 Å². The van der Waals surface area contributed by atoms with Gasteiger partial charge in [0.1, 0.15) is 0 Å². The summed E-state index contributed by atoms with van der Waals surface area (Å²) in [7, 11) is -20.6. The Morgan fingerprint density at radius 3 is 0.716 bits per heavy atom. The van der Waals surface area contributed by atoms with Gasteiger partial charge in [0, 0.05) is 76.6 Å². The highest BCUT2D eigenvalue weighted by atomic mass is 32.2. The maximum atomic E-state index is 15.1. The number of benzene rings is 7. The lowest BCUT2D eigenvalue weighted by atomic mass is 9.91. The molecule has 0 unspecified atom stereocenters. The van der Waals surface area contributed by atoms with Crippen molar-refractivity contribution in [1.82, 2.24) is 17.2 Å². The molecule has 7 aromatic carbocycles. The molecule has 2 heterocycles. The predicted octanol–water partition coefficient (Wildman–Crippen LogP) is 6.40. The van der Waals surface area contributed by atoms with Crippen LogP contribution < -0.4 is 0 Å². The molecule has 0 fully saturated rings. The number of hydrogen-bond acceptors (Lipinski definition) is 16. The number of fused-ring (bicyclic) bond motifs is 11. The first-order valence-electron chi connectivity index (χ1n) is 21.9.